The molecule has 0 spiro atoms. The molecule has 0 saturated carbocycles. The Bertz CT molecular complexity index is 1140. The molecule has 0 aromatic carbocycles. The molecule has 4 aromatic rings. The number of pyridine rings is 2. The third-order valence-electron chi connectivity index (χ3n) is 6.05. The monoisotopic (exact) mass is 679 g/mol. The summed E-state index contributed by atoms with van der Waals surface area (Å²) in [5, 5.41) is 16.9. The van der Waals surface area contributed by atoms with Gasteiger partial charge in [0.2, 0.25) is 0 Å². The van der Waals surface area contributed by atoms with Crippen molar-refractivity contribution >= 4 is 0 Å². The molecule has 0 bridgehead atoms. The summed E-state index contributed by atoms with van der Waals surface area (Å²) in [6.07, 6.45) is 3.84. The number of aromatic nitrogens is 6. The Morgan fingerprint density at radius 2 is 0.946 bits per heavy atom. The average molecular weight is 680 g/mol. The fraction of sp³-hybridized carbons (Fsp3) is 0.467. The second-order valence-corrected chi connectivity index (χ2v) is 12.0. The van der Waals surface area contributed by atoms with Crippen molar-refractivity contribution in [3.05, 3.63) is 71.3 Å². The molecule has 7 heteroatoms. The minimum atomic E-state index is 0. The molecule has 0 unspecified atom stereocenters. The third kappa shape index (κ3) is 8.20. The summed E-state index contributed by atoms with van der Waals surface area (Å²) in [6.45, 7) is 21.5. The first-order valence-corrected chi connectivity index (χ1v) is 12.7. The molecule has 0 radical (unpaired) electrons. The topological polar surface area (TPSA) is 79.8 Å². The van der Waals surface area contributed by atoms with Crippen LogP contribution in [0.5, 0.6) is 0 Å². The minimum Gasteiger partial charge on any atom is -0.573 e. The Balaban J connectivity index is 0.000000253. The van der Waals surface area contributed by atoms with Crippen LogP contribution in [0.3, 0.4) is 0 Å². The van der Waals surface area contributed by atoms with Crippen molar-refractivity contribution in [1.82, 2.24) is 30.4 Å². The largest absolute Gasteiger partial charge is 2.00 e. The van der Waals surface area contributed by atoms with E-state index in [4.69, 9.17) is 0 Å². The van der Waals surface area contributed by atoms with E-state index in [-0.39, 0.29) is 31.9 Å². The molecule has 0 saturated heterocycles. The van der Waals surface area contributed by atoms with Crippen LogP contribution in [0.15, 0.2) is 48.8 Å². The van der Waals surface area contributed by atoms with Crippen LogP contribution >= 0.6 is 0 Å². The molecule has 4 rings (SSSR count). The SMILES string of the molecule is CC(C)c1ccc(-c2cc(C(C)(C)C)n[n-]2)nc1.CC(C)c1ccc(-c2cc(C(C)(C)C)n[n-]2)nc1.[Pt+2]. The summed E-state index contributed by atoms with van der Waals surface area (Å²) >= 11 is 0. The number of hydrogen-bond donors (Lipinski definition) is 0. The van der Waals surface area contributed by atoms with Crippen molar-refractivity contribution < 1.29 is 21.1 Å². The fourth-order valence-corrected chi connectivity index (χ4v) is 3.37. The van der Waals surface area contributed by atoms with E-state index in [2.05, 4.69) is 112 Å². The standard InChI is InChI=1S/2C15H20N3.Pt/c2*1-10(2)11-6-7-12(16-9-11)13-8-14(18-17-13)15(3,4)5;/h2*6-10H,1-5H3;/q2*-1;+2. The summed E-state index contributed by atoms with van der Waals surface area (Å²) in [5.74, 6) is 1.00. The Labute approximate surface area is 236 Å². The van der Waals surface area contributed by atoms with Crippen LogP contribution < -0.4 is 10.2 Å². The van der Waals surface area contributed by atoms with Crippen LogP contribution in [0.4, 0.5) is 0 Å². The van der Waals surface area contributed by atoms with Crippen molar-refractivity contribution in [3.8, 4) is 22.8 Å². The maximum atomic E-state index is 4.46. The van der Waals surface area contributed by atoms with Gasteiger partial charge in [-0.25, -0.2) is 0 Å². The van der Waals surface area contributed by atoms with Gasteiger partial charge in [0.05, 0.1) is 0 Å². The molecule has 0 aliphatic rings. The summed E-state index contributed by atoms with van der Waals surface area (Å²) < 4.78 is 0. The average Bonchev–Trinajstić information content (AvgIpc) is 3.50. The Morgan fingerprint density at radius 1 is 0.595 bits per heavy atom. The molecule has 200 valence electrons. The van der Waals surface area contributed by atoms with Gasteiger partial charge >= 0.3 is 21.1 Å². The molecule has 4 aromatic heterocycles. The van der Waals surface area contributed by atoms with Crippen LogP contribution in [0.25, 0.3) is 22.8 Å². The molecular weight excluding hydrogens is 639 g/mol. The molecular formula is C30H40N6Pt. The number of hydrogen-bond acceptors (Lipinski definition) is 4. The van der Waals surface area contributed by atoms with E-state index in [1.807, 2.05) is 36.7 Å². The van der Waals surface area contributed by atoms with Crippen LogP contribution in [-0.2, 0) is 31.9 Å². The summed E-state index contributed by atoms with van der Waals surface area (Å²) in [5.41, 5.74) is 8.06. The van der Waals surface area contributed by atoms with Gasteiger partial charge in [-0.05, 0) is 35.1 Å². The van der Waals surface area contributed by atoms with E-state index < -0.39 is 0 Å². The minimum absolute atomic E-state index is 0. The van der Waals surface area contributed by atoms with Crippen LogP contribution in [0.1, 0.15) is 104 Å². The maximum absolute atomic E-state index is 4.46. The van der Waals surface area contributed by atoms with Crippen LogP contribution in [-0.4, -0.2) is 20.2 Å². The Morgan fingerprint density at radius 3 is 1.16 bits per heavy atom. The van der Waals surface area contributed by atoms with Crippen molar-refractivity contribution in [2.45, 2.75) is 91.9 Å². The molecule has 0 N–H and O–H groups in total. The molecule has 0 aliphatic heterocycles. The van der Waals surface area contributed by atoms with Gasteiger partial charge in [-0.15, -0.1) is 0 Å². The zero-order valence-corrected chi connectivity index (χ0v) is 26.0. The predicted molar refractivity (Wildman–Crippen MR) is 147 cm³/mol. The molecule has 4 heterocycles. The zero-order chi connectivity index (χ0) is 26.7. The van der Waals surface area contributed by atoms with Gasteiger partial charge in [0.1, 0.15) is 0 Å². The van der Waals surface area contributed by atoms with Crippen molar-refractivity contribution in [3.63, 3.8) is 0 Å². The molecule has 0 fully saturated rings. The van der Waals surface area contributed by atoms with Gasteiger partial charge in [0.25, 0.3) is 0 Å². The van der Waals surface area contributed by atoms with Crippen LogP contribution in [0.2, 0.25) is 0 Å². The normalized spacial score (nSPS) is 11.8. The zero-order valence-electron chi connectivity index (χ0n) is 23.8. The third-order valence-corrected chi connectivity index (χ3v) is 6.05. The maximum Gasteiger partial charge on any atom is 2.00 e. The summed E-state index contributed by atoms with van der Waals surface area (Å²) in [6, 6.07) is 12.3. The fourth-order valence-electron chi connectivity index (χ4n) is 3.37. The smallest absolute Gasteiger partial charge is 0.573 e. The molecule has 0 aliphatic carbocycles. The molecule has 6 nitrogen and oxygen atoms in total. The van der Waals surface area contributed by atoms with Crippen molar-refractivity contribution in [2.75, 3.05) is 0 Å². The number of rotatable bonds is 4. The first-order chi connectivity index (χ1) is 16.8. The van der Waals surface area contributed by atoms with Gasteiger partial charge in [0, 0.05) is 46.0 Å². The van der Waals surface area contributed by atoms with Gasteiger partial charge in [0.15, 0.2) is 0 Å². The van der Waals surface area contributed by atoms with Gasteiger partial charge in [-0.3, -0.25) is 9.97 Å². The Kier molecular flexibility index (Phi) is 10.2. The van der Waals surface area contributed by atoms with E-state index >= 15 is 0 Å². The molecule has 37 heavy (non-hydrogen) atoms. The van der Waals surface area contributed by atoms with Crippen molar-refractivity contribution in [2.24, 2.45) is 0 Å². The van der Waals surface area contributed by atoms with Gasteiger partial charge < -0.3 is 20.4 Å². The summed E-state index contributed by atoms with van der Waals surface area (Å²) in [4.78, 5) is 8.93. The second kappa shape index (κ2) is 12.3. The van der Waals surface area contributed by atoms with Crippen molar-refractivity contribution in [1.29, 1.82) is 0 Å². The molecule has 0 amide bonds. The Hall–Kier alpha value is -2.59. The van der Waals surface area contributed by atoms with E-state index in [1.54, 1.807) is 0 Å². The van der Waals surface area contributed by atoms with E-state index in [9.17, 15) is 0 Å². The second-order valence-electron chi connectivity index (χ2n) is 12.0. The van der Waals surface area contributed by atoms with Gasteiger partial charge in [-0.1, -0.05) is 105 Å². The quantitative estimate of drug-likeness (QED) is 0.230. The van der Waals surface area contributed by atoms with E-state index in [1.165, 1.54) is 11.1 Å². The van der Waals surface area contributed by atoms with E-state index in [0.717, 1.165) is 34.2 Å². The predicted octanol–water partition coefficient (Wildman–Crippen LogP) is 7.04. The summed E-state index contributed by atoms with van der Waals surface area (Å²) in [7, 11) is 0. The first-order valence-electron chi connectivity index (χ1n) is 12.7. The van der Waals surface area contributed by atoms with E-state index in [0.29, 0.717) is 11.8 Å². The number of nitrogens with zero attached hydrogens (tertiary/aromatic N) is 6. The van der Waals surface area contributed by atoms with Gasteiger partial charge in [-0.2, -0.15) is 0 Å². The van der Waals surface area contributed by atoms with Crippen LogP contribution in [0, 0.1) is 0 Å². The first kappa shape index (κ1) is 30.6. The molecule has 0 atom stereocenters.